The van der Waals surface area contributed by atoms with Gasteiger partial charge >= 0.3 is 12.1 Å². The molecule has 0 aliphatic carbocycles. The van der Waals surface area contributed by atoms with Crippen LogP contribution in [-0.4, -0.2) is 46.1 Å². The summed E-state index contributed by atoms with van der Waals surface area (Å²) in [5.41, 5.74) is 1.48. The van der Waals surface area contributed by atoms with Crippen LogP contribution < -0.4 is 0 Å². The number of nitrogens with zero attached hydrogens (tertiary/aromatic N) is 2. The third-order valence-corrected chi connectivity index (χ3v) is 4.90. The number of carbonyl (C=O) groups is 2. The van der Waals surface area contributed by atoms with Gasteiger partial charge in [0.2, 0.25) is 0 Å². The lowest BCUT2D eigenvalue weighted by molar-refractivity contribution is -0.187. The van der Waals surface area contributed by atoms with Gasteiger partial charge in [-0.1, -0.05) is 32.0 Å². The largest absolute Gasteiger partial charge is 0.481 e. The summed E-state index contributed by atoms with van der Waals surface area (Å²) in [5.74, 6) is -5.86. The van der Waals surface area contributed by atoms with Crippen LogP contribution in [0.5, 0.6) is 0 Å². The van der Waals surface area contributed by atoms with Crippen LogP contribution in [0.3, 0.4) is 0 Å². The molecule has 0 unspecified atom stereocenters. The van der Waals surface area contributed by atoms with Crippen LogP contribution in [0.2, 0.25) is 0 Å². The maximum absolute atomic E-state index is 13.2. The van der Waals surface area contributed by atoms with Crippen molar-refractivity contribution in [2.24, 2.45) is 11.8 Å². The van der Waals surface area contributed by atoms with Crippen LogP contribution in [0.4, 0.5) is 13.2 Å². The predicted molar refractivity (Wildman–Crippen MR) is 92.4 cm³/mol. The summed E-state index contributed by atoms with van der Waals surface area (Å²) in [6.07, 6.45) is -4.68. The number of alkyl halides is 3. The molecule has 1 aliphatic rings. The van der Waals surface area contributed by atoms with Gasteiger partial charge in [-0.2, -0.15) is 13.2 Å². The SMILES string of the molecule is CC(C)c1cc(C(=O)N2C[C@@H](C(F)(F)F)[C@H](C(=O)O)C2)c2ccccc2n1. The first-order valence-electron chi connectivity index (χ1n) is 8.58. The number of benzene rings is 1. The highest BCUT2D eigenvalue weighted by molar-refractivity contribution is 6.06. The Hall–Kier alpha value is -2.64. The van der Waals surface area contributed by atoms with Gasteiger partial charge in [0.05, 0.1) is 22.9 Å². The number of pyridine rings is 1. The summed E-state index contributed by atoms with van der Waals surface area (Å²) in [6, 6.07) is 8.50. The smallest absolute Gasteiger partial charge is 0.394 e. The van der Waals surface area contributed by atoms with Crippen molar-refractivity contribution >= 4 is 22.8 Å². The van der Waals surface area contributed by atoms with E-state index in [2.05, 4.69) is 4.98 Å². The first-order chi connectivity index (χ1) is 12.6. The average Bonchev–Trinajstić information content (AvgIpc) is 3.06. The Kier molecular flexibility index (Phi) is 4.84. The van der Waals surface area contributed by atoms with Gasteiger partial charge in [-0.15, -0.1) is 0 Å². The highest BCUT2D eigenvalue weighted by Gasteiger charge is 2.53. The van der Waals surface area contributed by atoms with E-state index in [-0.39, 0.29) is 11.5 Å². The molecule has 8 heteroatoms. The molecule has 144 valence electrons. The van der Waals surface area contributed by atoms with E-state index in [9.17, 15) is 22.8 Å². The number of carbonyl (C=O) groups excluding carboxylic acids is 1. The van der Waals surface area contributed by atoms with Gasteiger partial charge in [-0.25, -0.2) is 0 Å². The molecule has 1 fully saturated rings. The van der Waals surface area contributed by atoms with E-state index < -0.39 is 43.0 Å². The monoisotopic (exact) mass is 380 g/mol. The van der Waals surface area contributed by atoms with Crippen molar-refractivity contribution < 1.29 is 27.9 Å². The second-order valence-corrected chi connectivity index (χ2v) is 7.07. The lowest BCUT2D eigenvalue weighted by Gasteiger charge is -2.19. The molecule has 27 heavy (non-hydrogen) atoms. The molecular weight excluding hydrogens is 361 g/mol. The van der Waals surface area contributed by atoms with Gasteiger partial charge in [-0.3, -0.25) is 14.6 Å². The van der Waals surface area contributed by atoms with Crippen molar-refractivity contribution in [1.29, 1.82) is 0 Å². The number of likely N-dealkylation sites (tertiary alicyclic amines) is 1. The Bertz CT molecular complexity index is 895. The molecule has 0 saturated carbocycles. The van der Waals surface area contributed by atoms with Gasteiger partial charge in [0.15, 0.2) is 0 Å². The van der Waals surface area contributed by atoms with Crippen LogP contribution >= 0.6 is 0 Å². The zero-order valence-corrected chi connectivity index (χ0v) is 14.8. The number of fused-ring (bicyclic) bond motifs is 1. The number of halogens is 3. The van der Waals surface area contributed by atoms with Gasteiger partial charge in [0, 0.05) is 24.2 Å². The number of amides is 1. The molecule has 2 atom stereocenters. The molecule has 1 aliphatic heterocycles. The fourth-order valence-corrected chi connectivity index (χ4v) is 3.39. The molecule has 1 saturated heterocycles. The van der Waals surface area contributed by atoms with E-state index in [1.807, 2.05) is 13.8 Å². The summed E-state index contributed by atoms with van der Waals surface area (Å²) in [6.45, 7) is 2.68. The molecule has 2 aromatic rings. The minimum absolute atomic E-state index is 0.0226. The lowest BCUT2D eigenvalue weighted by atomic mass is 9.96. The number of aliphatic carboxylic acids is 1. The number of hydrogen-bond acceptors (Lipinski definition) is 3. The topological polar surface area (TPSA) is 70.5 Å². The summed E-state index contributed by atoms with van der Waals surface area (Å²) >= 11 is 0. The Labute approximate surface area is 153 Å². The van der Waals surface area contributed by atoms with Gasteiger partial charge in [0.1, 0.15) is 0 Å². The summed E-state index contributed by atoms with van der Waals surface area (Å²) in [7, 11) is 0. The first-order valence-corrected chi connectivity index (χ1v) is 8.58. The molecule has 1 aromatic carbocycles. The summed E-state index contributed by atoms with van der Waals surface area (Å²) < 4.78 is 39.7. The standard InChI is InChI=1S/C19H19F3N2O3/c1-10(2)16-7-12(11-5-3-4-6-15(11)23-16)17(25)24-8-13(18(26)27)14(9-24)19(20,21)22/h3-7,10,13-14H,8-9H2,1-2H3,(H,26,27)/t13-,14-/m1/s1. The lowest BCUT2D eigenvalue weighted by Crippen LogP contribution is -2.34. The number of para-hydroxylation sites is 1. The van der Waals surface area contributed by atoms with Crippen LogP contribution in [0.15, 0.2) is 30.3 Å². The number of aromatic nitrogens is 1. The van der Waals surface area contributed by atoms with Crippen molar-refractivity contribution in [3.8, 4) is 0 Å². The van der Waals surface area contributed by atoms with Gasteiger partial charge in [0.25, 0.3) is 5.91 Å². The average molecular weight is 380 g/mol. The highest BCUT2D eigenvalue weighted by atomic mass is 19.4. The molecule has 0 spiro atoms. The third kappa shape index (κ3) is 3.61. The molecule has 3 rings (SSSR count). The van der Waals surface area contributed by atoms with Crippen LogP contribution in [-0.2, 0) is 4.79 Å². The number of carboxylic acids is 1. The fraction of sp³-hybridized carbons (Fsp3) is 0.421. The molecule has 5 nitrogen and oxygen atoms in total. The van der Waals surface area contributed by atoms with Crippen molar-refractivity contribution in [3.05, 3.63) is 41.6 Å². The molecule has 0 bridgehead atoms. The summed E-state index contributed by atoms with van der Waals surface area (Å²) in [4.78, 5) is 29.8. The number of carboxylic acid groups (broad SMARTS) is 1. The molecule has 1 N–H and O–H groups in total. The van der Waals surface area contributed by atoms with Crippen molar-refractivity contribution in [2.45, 2.75) is 25.9 Å². The minimum Gasteiger partial charge on any atom is -0.481 e. The Morgan fingerprint density at radius 1 is 1.22 bits per heavy atom. The Morgan fingerprint density at radius 2 is 1.89 bits per heavy atom. The van der Waals surface area contributed by atoms with E-state index >= 15 is 0 Å². The zero-order valence-electron chi connectivity index (χ0n) is 14.8. The highest BCUT2D eigenvalue weighted by Crippen LogP contribution is 2.38. The molecule has 2 heterocycles. The van der Waals surface area contributed by atoms with E-state index in [1.165, 1.54) is 0 Å². The van der Waals surface area contributed by atoms with Gasteiger partial charge < -0.3 is 10.0 Å². The van der Waals surface area contributed by atoms with E-state index in [4.69, 9.17) is 5.11 Å². The second kappa shape index (κ2) is 6.83. The summed E-state index contributed by atoms with van der Waals surface area (Å²) in [5, 5.41) is 9.69. The van der Waals surface area contributed by atoms with Gasteiger partial charge in [-0.05, 0) is 18.1 Å². The second-order valence-electron chi connectivity index (χ2n) is 7.07. The van der Waals surface area contributed by atoms with Crippen LogP contribution in [0, 0.1) is 11.8 Å². The number of hydrogen-bond donors (Lipinski definition) is 1. The normalized spacial score (nSPS) is 20.4. The quantitative estimate of drug-likeness (QED) is 0.882. The molecule has 1 aromatic heterocycles. The van der Waals surface area contributed by atoms with Crippen LogP contribution in [0.25, 0.3) is 10.9 Å². The molecule has 0 radical (unpaired) electrons. The van der Waals surface area contributed by atoms with Crippen molar-refractivity contribution in [3.63, 3.8) is 0 Å². The fourth-order valence-electron chi connectivity index (χ4n) is 3.39. The van der Waals surface area contributed by atoms with Crippen molar-refractivity contribution in [2.75, 3.05) is 13.1 Å². The molecule has 1 amide bonds. The van der Waals surface area contributed by atoms with E-state index in [0.717, 1.165) is 4.90 Å². The van der Waals surface area contributed by atoms with E-state index in [0.29, 0.717) is 16.6 Å². The molecular formula is C19H19F3N2O3. The Balaban J connectivity index is 2.02. The van der Waals surface area contributed by atoms with Crippen LogP contribution in [0.1, 0.15) is 35.8 Å². The third-order valence-electron chi connectivity index (χ3n) is 4.90. The first kappa shape index (κ1) is 19.1. The zero-order chi connectivity index (χ0) is 19.9. The maximum Gasteiger partial charge on any atom is 0.394 e. The Morgan fingerprint density at radius 3 is 2.44 bits per heavy atom. The minimum atomic E-state index is -4.68. The predicted octanol–water partition coefficient (Wildman–Crippen LogP) is 3.69. The van der Waals surface area contributed by atoms with E-state index in [1.54, 1.807) is 30.3 Å². The maximum atomic E-state index is 13.2. The van der Waals surface area contributed by atoms with Crippen molar-refractivity contribution in [1.82, 2.24) is 9.88 Å². The number of rotatable bonds is 3.